The van der Waals surface area contributed by atoms with Crippen LogP contribution in [-0.4, -0.2) is 4.98 Å². The fourth-order valence-corrected chi connectivity index (χ4v) is 2.26. The summed E-state index contributed by atoms with van der Waals surface area (Å²) in [7, 11) is 0. The van der Waals surface area contributed by atoms with Gasteiger partial charge in [-0.15, -0.1) is 0 Å². The molecule has 0 N–H and O–H groups in total. The Morgan fingerprint density at radius 1 is 1.54 bits per heavy atom. The van der Waals surface area contributed by atoms with Crippen molar-refractivity contribution in [2.75, 3.05) is 0 Å². The molecule has 0 fully saturated rings. The first-order valence-corrected chi connectivity index (χ1v) is 5.54. The molecule has 1 heterocycles. The van der Waals surface area contributed by atoms with Gasteiger partial charge in [0.25, 0.3) is 6.43 Å². The highest BCUT2D eigenvalue weighted by atomic mass is 79.9. The molecule has 0 aliphatic carbocycles. The topological polar surface area (TPSA) is 12.9 Å². The molecule has 1 nitrogen and oxygen atoms in total. The molecule has 0 saturated carbocycles. The summed E-state index contributed by atoms with van der Waals surface area (Å²) in [6.07, 6.45) is -1.28. The third-order valence-corrected chi connectivity index (χ3v) is 3.53. The maximum atomic E-state index is 12.3. The first-order valence-electron chi connectivity index (χ1n) is 3.24. The van der Waals surface area contributed by atoms with Gasteiger partial charge < -0.3 is 0 Å². The highest BCUT2D eigenvalue weighted by Gasteiger charge is 2.17. The molecule has 0 saturated heterocycles. The van der Waals surface area contributed by atoms with Crippen molar-refractivity contribution < 1.29 is 8.78 Å². The van der Waals surface area contributed by atoms with E-state index in [1.54, 1.807) is 0 Å². The van der Waals surface area contributed by atoms with Crippen LogP contribution in [0.5, 0.6) is 0 Å². The number of aromatic nitrogens is 1. The van der Waals surface area contributed by atoms with Gasteiger partial charge in [-0.3, -0.25) is 4.98 Å². The van der Waals surface area contributed by atoms with Crippen LogP contribution in [0.4, 0.5) is 8.78 Å². The lowest BCUT2D eigenvalue weighted by atomic mass is 10.3. The third kappa shape index (κ3) is 2.39. The van der Waals surface area contributed by atoms with E-state index in [1.165, 1.54) is 6.20 Å². The zero-order chi connectivity index (χ0) is 10.0. The zero-order valence-electron chi connectivity index (χ0n) is 6.20. The number of rotatable bonds is 2. The summed E-state index contributed by atoms with van der Waals surface area (Å²) in [5, 5.41) is 0.496. The van der Waals surface area contributed by atoms with E-state index < -0.39 is 12.1 Å². The summed E-state index contributed by atoms with van der Waals surface area (Å²) in [4.78, 5) is 3.57. The van der Waals surface area contributed by atoms with Gasteiger partial charge in [-0.25, -0.2) is 8.78 Å². The molecule has 0 atom stereocenters. The van der Waals surface area contributed by atoms with Crippen LogP contribution in [0.25, 0.3) is 0 Å². The van der Waals surface area contributed by atoms with E-state index in [1.807, 2.05) is 0 Å². The molecule has 1 aromatic heterocycles. The van der Waals surface area contributed by atoms with Gasteiger partial charge in [0.1, 0.15) is 5.69 Å². The van der Waals surface area contributed by atoms with E-state index in [9.17, 15) is 8.78 Å². The van der Waals surface area contributed by atoms with Gasteiger partial charge in [-0.2, -0.15) is 0 Å². The molecule has 0 unspecified atom stereocenters. The predicted molar refractivity (Wildman–Crippen MR) is 54.5 cm³/mol. The Morgan fingerprint density at radius 2 is 2.15 bits per heavy atom. The number of hydrogen-bond donors (Lipinski definition) is 0. The molecule has 13 heavy (non-hydrogen) atoms. The van der Waals surface area contributed by atoms with E-state index in [0.717, 1.165) is 5.56 Å². The van der Waals surface area contributed by atoms with Crippen molar-refractivity contribution in [2.45, 2.75) is 11.8 Å². The Hall–Kier alpha value is 0.260. The SMILES string of the molecule is FC(F)c1ncc(CBr)c(Br)c1Cl. The van der Waals surface area contributed by atoms with Crippen LogP contribution in [0.1, 0.15) is 17.7 Å². The van der Waals surface area contributed by atoms with Gasteiger partial charge in [0.15, 0.2) is 0 Å². The van der Waals surface area contributed by atoms with Gasteiger partial charge in [0, 0.05) is 16.0 Å². The van der Waals surface area contributed by atoms with E-state index in [2.05, 4.69) is 36.8 Å². The lowest BCUT2D eigenvalue weighted by Crippen LogP contribution is -1.95. The van der Waals surface area contributed by atoms with Crippen LogP contribution >= 0.6 is 43.5 Å². The highest BCUT2D eigenvalue weighted by molar-refractivity contribution is 9.10. The molecule has 0 radical (unpaired) electrons. The Labute approximate surface area is 95.8 Å². The van der Waals surface area contributed by atoms with E-state index in [0.29, 0.717) is 9.80 Å². The minimum absolute atomic E-state index is 0.0213. The van der Waals surface area contributed by atoms with Crippen LogP contribution < -0.4 is 0 Å². The molecule has 0 amide bonds. The highest BCUT2D eigenvalue weighted by Crippen LogP contribution is 2.33. The maximum absolute atomic E-state index is 12.3. The van der Waals surface area contributed by atoms with E-state index in [-0.39, 0.29) is 5.02 Å². The Morgan fingerprint density at radius 3 is 2.62 bits per heavy atom. The zero-order valence-corrected chi connectivity index (χ0v) is 10.1. The molecule has 0 aromatic carbocycles. The number of alkyl halides is 3. The number of nitrogens with zero attached hydrogens (tertiary/aromatic N) is 1. The molecular formula is C7H4Br2ClF2N. The molecule has 0 aliphatic rings. The van der Waals surface area contributed by atoms with E-state index in [4.69, 9.17) is 11.6 Å². The average Bonchev–Trinajstić information content (AvgIpc) is 2.09. The summed E-state index contributed by atoms with van der Waals surface area (Å²) in [6.45, 7) is 0. The van der Waals surface area contributed by atoms with Crippen LogP contribution in [-0.2, 0) is 5.33 Å². The monoisotopic (exact) mass is 333 g/mol. The van der Waals surface area contributed by atoms with Gasteiger partial charge in [-0.1, -0.05) is 27.5 Å². The summed E-state index contributed by atoms with van der Waals surface area (Å²) in [5.41, 5.74) is 0.354. The Balaban J connectivity index is 3.23. The Bertz CT molecular complexity index is 320. The summed E-state index contributed by atoms with van der Waals surface area (Å²) in [6, 6.07) is 0. The quantitative estimate of drug-likeness (QED) is 0.733. The predicted octanol–water partition coefficient (Wildman–Crippen LogP) is 4.33. The molecule has 1 rings (SSSR count). The van der Waals surface area contributed by atoms with Gasteiger partial charge in [-0.05, 0) is 21.5 Å². The van der Waals surface area contributed by atoms with Crippen LogP contribution in [0.15, 0.2) is 10.7 Å². The van der Waals surface area contributed by atoms with Gasteiger partial charge in [0.05, 0.1) is 5.02 Å². The number of pyridine rings is 1. The third-order valence-electron chi connectivity index (χ3n) is 1.41. The molecule has 0 spiro atoms. The second kappa shape index (κ2) is 4.66. The molecule has 0 aliphatic heterocycles. The Kier molecular flexibility index (Phi) is 4.06. The van der Waals surface area contributed by atoms with Gasteiger partial charge >= 0.3 is 0 Å². The van der Waals surface area contributed by atoms with Crippen molar-refractivity contribution in [2.24, 2.45) is 0 Å². The molecular weight excluding hydrogens is 331 g/mol. The summed E-state index contributed by atoms with van der Waals surface area (Å²) >= 11 is 12.0. The van der Waals surface area contributed by atoms with Crippen LogP contribution in [0.3, 0.4) is 0 Å². The van der Waals surface area contributed by atoms with Crippen LogP contribution in [0, 0.1) is 0 Å². The maximum Gasteiger partial charge on any atom is 0.281 e. The van der Waals surface area contributed by atoms with Crippen molar-refractivity contribution in [3.63, 3.8) is 0 Å². The fourth-order valence-electron chi connectivity index (χ4n) is 0.760. The van der Waals surface area contributed by atoms with Crippen molar-refractivity contribution in [3.8, 4) is 0 Å². The molecule has 72 valence electrons. The second-order valence-electron chi connectivity index (χ2n) is 2.23. The first-order chi connectivity index (χ1) is 6.07. The minimum Gasteiger partial charge on any atom is -0.253 e. The smallest absolute Gasteiger partial charge is 0.253 e. The standard InChI is InChI=1S/C7H4Br2ClF2N/c8-1-3-2-13-6(7(11)12)5(10)4(3)9/h2,7H,1H2. The first kappa shape index (κ1) is 11.3. The normalized spacial score (nSPS) is 10.9. The van der Waals surface area contributed by atoms with Crippen LogP contribution in [0.2, 0.25) is 5.02 Å². The second-order valence-corrected chi connectivity index (χ2v) is 3.96. The van der Waals surface area contributed by atoms with Crippen molar-refractivity contribution in [3.05, 3.63) is 26.9 Å². The van der Waals surface area contributed by atoms with Crippen molar-refractivity contribution in [1.82, 2.24) is 4.98 Å². The largest absolute Gasteiger partial charge is 0.281 e. The minimum atomic E-state index is -2.65. The molecule has 0 bridgehead atoms. The lowest BCUT2D eigenvalue weighted by Gasteiger charge is -2.06. The summed E-state index contributed by atoms with van der Waals surface area (Å²) in [5.74, 6) is 0. The van der Waals surface area contributed by atoms with Crippen molar-refractivity contribution in [1.29, 1.82) is 0 Å². The summed E-state index contributed by atoms with van der Waals surface area (Å²) < 4.78 is 25.0. The number of halogens is 5. The number of hydrogen-bond acceptors (Lipinski definition) is 1. The van der Waals surface area contributed by atoms with Crippen molar-refractivity contribution >= 4 is 43.5 Å². The molecule has 6 heteroatoms. The van der Waals surface area contributed by atoms with E-state index >= 15 is 0 Å². The fraction of sp³-hybridized carbons (Fsp3) is 0.286. The molecule has 1 aromatic rings. The average molecular weight is 335 g/mol. The lowest BCUT2D eigenvalue weighted by molar-refractivity contribution is 0.146. The van der Waals surface area contributed by atoms with Gasteiger partial charge in [0.2, 0.25) is 0 Å².